The number of sulfone groups is 1. The Kier molecular flexibility index (Phi) is 4.90. The first kappa shape index (κ1) is 15.5. The van der Waals surface area contributed by atoms with Crippen molar-refractivity contribution < 1.29 is 22.7 Å². The first-order valence-electron chi connectivity index (χ1n) is 5.49. The van der Waals surface area contributed by atoms with Crippen molar-refractivity contribution in [3.8, 4) is 11.5 Å². The summed E-state index contributed by atoms with van der Waals surface area (Å²) >= 11 is 0. The molecule has 0 aliphatic rings. The van der Waals surface area contributed by atoms with Crippen LogP contribution < -0.4 is 14.8 Å². The number of carbonyl (C=O) groups excluding carboxylic acids is 1. The highest BCUT2D eigenvalue weighted by molar-refractivity contribution is 7.91. The summed E-state index contributed by atoms with van der Waals surface area (Å²) in [5, 5.41) is 2.74. The quantitative estimate of drug-likeness (QED) is 0.768. The number of Topliss-reactive ketones (excluding diaryl/α,β-unsaturated/α-hetero) is 1. The van der Waals surface area contributed by atoms with E-state index in [1.54, 1.807) is 7.05 Å². The number of nitrogens with one attached hydrogen (secondary N) is 1. The zero-order valence-corrected chi connectivity index (χ0v) is 12.1. The number of ketones is 1. The lowest BCUT2D eigenvalue weighted by molar-refractivity contribution is 0.0992. The van der Waals surface area contributed by atoms with Crippen molar-refractivity contribution in [3.05, 3.63) is 17.7 Å². The lowest BCUT2D eigenvalue weighted by atomic mass is 10.1. The summed E-state index contributed by atoms with van der Waals surface area (Å²) in [4.78, 5) is 11.8. The van der Waals surface area contributed by atoms with E-state index >= 15 is 0 Å². The fourth-order valence-electron chi connectivity index (χ4n) is 1.67. The SMILES string of the molecule is CNCC(=O)c1cc(OC)c(S(C)(=O)=O)c(OC)c1. The molecular weight excluding hydrogens is 270 g/mol. The second kappa shape index (κ2) is 6.03. The van der Waals surface area contributed by atoms with E-state index in [0.717, 1.165) is 6.26 Å². The number of methoxy groups -OCH3 is 2. The van der Waals surface area contributed by atoms with Gasteiger partial charge < -0.3 is 14.8 Å². The van der Waals surface area contributed by atoms with E-state index in [4.69, 9.17) is 9.47 Å². The first-order chi connectivity index (χ1) is 8.85. The van der Waals surface area contributed by atoms with Gasteiger partial charge in [-0.1, -0.05) is 0 Å². The van der Waals surface area contributed by atoms with Crippen molar-refractivity contribution in [3.63, 3.8) is 0 Å². The van der Waals surface area contributed by atoms with Crippen LogP contribution in [0.3, 0.4) is 0 Å². The average molecular weight is 287 g/mol. The van der Waals surface area contributed by atoms with E-state index in [1.807, 2.05) is 0 Å². The maximum atomic E-state index is 11.8. The lowest BCUT2D eigenvalue weighted by Gasteiger charge is -2.13. The predicted molar refractivity (Wildman–Crippen MR) is 70.9 cm³/mol. The highest BCUT2D eigenvalue weighted by atomic mass is 32.2. The van der Waals surface area contributed by atoms with Crippen molar-refractivity contribution in [1.82, 2.24) is 5.32 Å². The molecule has 0 aliphatic carbocycles. The predicted octanol–water partition coefficient (Wildman–Crippen LogP) is 0.509. The number of hydrogen-bond acceptors (Lipinski definition) is 6. The fraction of sp³-hybridized carbons (Fsp3) is 0.417. The molecule has 0 heterocycles. The molecule has 0 bridgehead atoms. The zero-order valence-electron chi connectivity index (χ0n) is 11.3. The van der Waals surface area contributed by atoms with Crippen molar-refractivity contribution in [2.75, 3.05) is 34.1 Å². The molecule has 106 valence electrons. The van der Waals surface area contributed by atoms with Gasteiger partial charge >= 0.3 is 0 Å². The molecule has 1 aromatic rings. The van der Waals surface area contributed by atoms with Crippen LogP contribution in [0.2, 0.25) is 0 Å². The average Bonchev–Trinajstić information content (AvgIpc) is 2.36. The van der Waals surface area contributed by atoms with Crippen LogP contribution in [-0.4, -0.2) is 48.3 Å². The number of carbonyl (C=O) groups is 1. The molecule has 0 saturated carbocycles. The minimum atomic E-state index is -3.52. The summed E-state index contributed by atoms with van der Waals surface area (Å²) in [6, 6.07) is 2.80. The maximum absolute atomic E-state index is 11.8. The largest absolute Gasteiger partial charge is 0.495 e. The molecule has 1 rings (SSSR count). The van der Waals surface area contributed by atoms with Gasteiger partial charge in [-0.3, -0.25) is 4.79 Å². The maximum Gasteiger partial charge on any atom is 0.182 e. The van der Waals surface area contributed by atoms with Gasteiger partial charge in [0.05, 0.1) is 20.8 Å². The molecule has 1 N–H and O–H groups in total. The number of hydrogen-bond donors (Lipinski definition) is 1. The van der Waals surface area contributed by atoms with Gasteiger partial charge in [-0.2, -0.15) is 0 Å². The Hall–Kier alpha value is -1.60. The lowest BCUT2D eigenvalue weighted by Crippen LogP contribution is -2.19. The molecule has 0 saturated heterocycles. The third-order valence-electron chi connectivity index (χ3n) is 2.49. The fourth-order valence-corrected chi connectivity index (χ4v) is 2.68. The molecule has 0 aliphatic heterocycles. The molecule has 0 atom stereocenters. The molecule has 0 unspecified atom stereocenters. The van der Waals surface area contributed by atoms with Gasteiger partial charge in [-0.15, -0.1) is 0 Å². The van der Waals surface area contributed by atoms with E-state index in [-0.39, 0.29) is 28.7 Å². The van der Waals surface area contributed by atoms with E-state index in [2.05, 4.69) is 5.32 Å². The molecule has 0 aromatic heterocycles. The smallest absolute Gasteiger partial charge is 0.182 e. The Morgan fingerprint density at radius 3 is 2.00 bits per heavy atom. The summed E-state index contributed by atoms with van der Waals surface area (Å²) < 4.78 is 33.6. The van der Waals surface area contributed by atoms with Crippen LogP contribution in [0.5, 0.6) is 11.5 Å². The van der Waals surface area contributed by atoms with Crippen LogP contribution in [0.1, 0.15) is 10.4 Å². The van der Waals surface area contributed by atoms with Gasteiger partial charge in [0.1, 0.15) is 11.5 Å². The third-order valence-corrected chi connectivity index (χ3v) is 3.63. The monoisotopic (exact) mass is 287 g/mol. The van der Waals surface area contributed by atoms with Crippen LogP contribution in [0, 0.1) is 0 Å². The number of benzene rings is 1. The first-order valence-corrected chi connectivity index (χ1v) is 7.38. The third kappa shape index (κ3) is 3.45. The summed E-state index contributed by atoms with van der Waals surface area (Å²) in [5.41, 5.74) is 0.329. The Bertz CT molecular complexity index is 555. The second-order valence-corrected chi connectivity index (χ2v) is 5.89. The second-order valence-electron chi connectivity index (χ2n) is 3.94. The highest BCUT2D eigenvalue weighted by Gasteiger charge is 2.23. The van der Waals surface area contributed by atoms with Crippen LogP contribution in [0.25, 0.3) is 0 Å². The van der Waals surface area contributed by atoms with Gasteiger partial charge in [0, 0.05) is 11.8 Å². The minimum absolute atomic E-state index is 0.0569. The van der Waals surface area contributed by atoms with Gasteiger partial charge in [0.25, 0.3) is 0 Å². The minimum Gasteiger partial charge on any atom is -0.495 e. The van der Waals surface area contributed by atoms with Gasteiger partial charge in [-0.25, -0.2) is 8.42 Å². The molecule has 0 radical (unpaired) electrons. The Labute approximate surface area is 112 Å². The van der Waals surface area contributed by atoms with Crippen molar-refractivity contribution in [1.29, 1.82) is 0 Å². The summed E-state index contributed by atoms with van der Waals surface area (Å²) in [6.45, 7) is 0.143. The van der Waals surface area contributed by atoms with E-state index in [9.17, 15) is 13.2 Å². The van der Waals surface area contributed by atoms with Gasteiger partial charge in [0.2, 0.25) is 0 Å². The molecule has 7 heteroatoms. The Morgan fingerprint density at radius 1 is 1.21 bits per heavy atom. The number of rotatable bonds is 6. The summed E-state index contributed by atoms with van der Waals surface area (Å²) in [6.07, 6.45) is 1.06. The van der Waals surface area contributed by atoms with Crippen LogP contribution in [0.15, 0.2) is 17.0 Å². The highest BCUT2D eigenvalue weighted by Crippen LogP contribution is 2.34. The van der Waals surface area contributed by atoms with Gasteiger partial charge in [-0.05, 0) is 19.2 Å². The Balaban J connectivity index is 3.49. The van der Waals surface area contributed by atoms with Crippen molar-refractivity contribution in [2.45, 2.75) is 4.90 Å². The zero-order chi connectivity index (χ0) is 14.6. The number of ether oxygens (including phenoxy) is 2. The summed E-state index contributed by atoms with van der Waals surface area (Å²) in [5.74, 6) is 0.0155. The van der Waals surface area contributed by atoms with E-state index in [1.165, 1.54) is 26.4 Å². The molecule has 0 amide bonds. The van der Waals surface area contributed by atoms with Gasteiger partial charge in [0.15, 0.2) is 20.5 Å². The normalized spacial score (nSPS) is 11.2. The van der Waals surface area contributed by atoms with Crippen molar-refractivity contribution in [2.24, 2.45) is 0 Å². The van der Waals surface area contributed by atoms with Crippen LogP contribution >= 0.6 is 0 Å². The van der Waals surface area contributed by atoms with Crippen molar-refractivity contribution >= 4 is 15.6 Å². The topological polar surface area (TPSA) is 81.7 Å². The molecule has 1 aromatic carbocycles. The van der Waals surface area contributed by atoms with Crippen LogP contribution in [0.4, 0.5) is 0 Å². The Morgan fingerprint density at radius 2 is 1.68 bits per heavy atom. The standard InChI is InChI=1S/C12H17NO5S/c1-13-7-9(14)8-5-10(17-2)12(19(4,15)16)11(6-8)18-3/h5-6,13H,7H2,1-4H3. The molecule has 6 nitrogen and oxygen atoms in total. The molecule has 0 spiro atoms. The molecule has 0 fully saturated rings. The molecule has 19 heavy (non-hydrogen) atoms. The van der Waals surface area contributed by atoms with E-state index < -0.39 is 9.84 Å². The van der Waals surface area contributed by atoms with E-state index in [0.29, 0.717) is 5.56 Å². The van der Waals surface area contributed by atoms with Crippen LogP contribution in [-0.2, 0) is 9.84 Å². The molecular formula is C12H17NO5S. The number of likely N-dealkylation sites (N-methyl/N-ethyl adjacent to an activating group) is 1. The summed E-state index contributed by atoms with van der Waals surface area (Å²) in [7, 11) is 0.816.